The number of nitrogens with one attached hydrogen (secondary N) is 3. The van der Waals surface area contributed by atoms with Gasteiger partial charge in [-0.05, 0) is 32.6 Å². The van der Waals surface area contributed by atoms with Gasteiger partial charge in [0.1, 0.15) is 5.52 Å². The Morgan fingerprint density at radius 3 is 2.77 bits per heavy atom. The number of imidazole rings is 1. The molecule has 5 heterocycles. The number of H-pyrrole nitrogens is 1. The van der Waals surface area contributed by atoms with Crippen LogP contribution in [0, 0.1) is 18.3 Å². The maximum absolute atomic E-state index is 8.93. The van der Waals surface area contributed by atoms with Crippen molar-refractivity contribution in [1.82, 2.24) is 34.6 Å². The first-order chi connectivity index (χ1) is 14.6. The lowest BCUT2D eigenvalue weighted by atomic mass is 9.97. The molecule has 3 N–H and O–H groups in total. The van der Waals surface area contributed by atoms with Crippen LogP contribution in [0.5, 0.6) is 0 Å². The Kier molecular flexibility index (Phi) is 4.75. The fourth-order valence-corrected chi connectivity index (χ4v) is 4.93. The van der Waals surface area contributed by atoms with Crippen molar-refractivity contribution in [2.24, 2.45) is 7.05 Å². The van der Waals surface area contributed by atoms with Crippen LogP contribution < -0.4 is 10.6 Å². The summed E-state index contributed by atoms with van der Waals surface area (Å²) < 4.78 is 1.91. The molecule has 0 spiro atoms. The number of piperidine rings is 1. The van der Waals surface area contributed by atoms with Gasteiger partial charge in [0.2, 0.25) is 5.95 Å². The van der Waals surface area contributed by atoms with E-state index in [1.807, 2.05) is 24.6 Å². The van der Waals surface area contributed by atoms with E-state index in [9.17, 15) is 0 Å². The molecule has 5 rings (SSSR count). The molecule has 0 aliphatic carbocycles. The number of fused-ring (bicyclic) bond motifs is 3. The lowest BCUT2D eigenvalue weighted by molar-refractivity contribution is 0.135. The Hall–Kier alpha value is -3.19. The van der Waals surface area contributed by atoms with E-state index in [1.165, 1.54) is 12.8 Å². The molecule has 2 bridgehead atoms. The summed E-state index contributed by atoms with van der Waals surface area (Å²) in [6.45, 7) is 2.84. The standard InChI is InChI=1S/C20H26N10/c1-12-8-16(28-27-12)24-19-17-18(22-11-29(17)2)25-20(26-19)23-13-9-14-4-5-15(10-13)30(14)7-3-6-21/h8,11,13-15H,3-5,7,9-10H2,1-2H3,(H3,23,24,25,26,27,28). The zero-order valence-electron chi connectivity index (χ0n) is 17.3. The smallest absolute Gasteiger partial charge is 0.227 e. The highest BCUT2D eigenvalue weighted by Gasteiger charge is 2.40. The summed E-state index contributed by atoms with van der Waals surface area (Å²) in [5.41, 5.74) is 2.47. The molecule has 2 atom stereocenters. The van der Waals surface area contributed by atoms with E-state index >= 15 is 0 Å². The van der Waals surface area contributed by atoms with Gasteiger partial charge in [-0.25, -0.2) is 4.98 Å². The predicted molar refractivity (Wildman–Crippen MR) is 113 cm³/mol. The number of anilines is 3. The highest BCUT2D eigenvalue weighted by molar-refractivity contribution is 5.86. The Balaban J connectivity index is 1.37. The van der Waals surface area contributed by atoms with Crippen LogP contribution >= 0.6 is 0 Å². The van der Waals surface area contributed by atoms with E-state index in [0.717, 1.165) is 30.6 Å². The third-order valence-electron chi connectivity index (χ3n) is 6.22. The average molecular weight is 406 g/mol. The van der Waals surface area contributed by atoms with Gasteiger partial charge in [0, 0.05) is 49.9 Å². The van der Waals surface area contributed by atoms with Crippen molar-refractivity contribution in [2.45, 2.75) is 57.2 Å². The topological polar surface area (TPSA) is 123 Å². The van der Waals surface area contributed by atoms with Crippen molar-refractivity contribution in [1.29, 1.82) is 5.26 Å². The first-order valence-corrected chi connectivity index (χ1v) is 10.5. The highest BCUT2D eigenvalue weighted by Crippen LogP contribution is 2.36. The molecule has 10 heteroatoms. The van der Waals surface area contributed by atoms with Gasteiger partial charge >= 0.3 is 0 Å². The summed E-state index contributed by atoms with van der Waals surface area (Å²) >= 11 is 0. The van der Waals surface area contributed by atoms with Gasteiger partial charge in [-0.2, -0.15) is 20.3 Å². The van der Waals surface area contributed by atoms with Gasteiger partial charge in [0.05, 0.1) is 12.4 Å². The van der Waals surface area contributed by atoms with Crippen LogP contribution in [0.1, 0.15) is 37.8 Å². The van der Waals surface area contributed by atoms with E-state index in [4.69, 9.17) is 10.2 Å². The lowest BCUT2D eigenvalue weighted by Crippen LogP contribution is -2.47. The molecule has 2 aliphatic rings. The molecule has 30 heavy (non-hydrogen) atoms. The summed E-state index contributed by atoms with van der Waals surface area (Å²) in [5.74, 6) is 1.98. The molecule has 0 aromatic carbocycles. The van der Waals surface area contributed by atoms with Crippen LogP contribution in [-0.2, 0) is 7.05 Å². The molecule has 10 nitrogen and oxygen atoms in total. The molecule has 2 saturated heterocycles. The van der Waals surface area contributed by atoms with Gasteiger partial charge in [0.15, 0.2) is 17.3 Å². The molecule has 2 fully saturated rings. The highest BCUT2D eigenvalue weighted by atomic mass is 15.3. The minimum atomic E-state index is 0.322. The second kappa shape index (κ2) is 7.57. The Morgan fingerprint density at radius 2 is 2.07 bits per heavy atom. The number of nitriles is 1. The zero-order valence-corrected chi connectivity index (χ0v) is 17.3. The number of aryl methyl sites for hydroxylation is 2. The summed E-state index contributed by atoms with van der Waals surface area (Å²) in [6.07, 6.45) is 6.86. The van der Waals surface area contributed by atoms with E-state index < -0.39 is 0 Å². The van der Waals surface area contributed by atoms with Gasteiger partial charge in [0.25, 0.3) is 0 Å². The fourth-order valence-electron chi connectivity index (χ4n) is 4.93. The maximum Gasteiger partial charge on any atom is 0.227 e. The van der Waals surface area contributed by atoms with Crippen LogP contribution in [0.25, 0.3) is 11.2 Å². The molecule has 3 aromatic heterocycles. The van der Waals surface area contributed by atoms with Crippen molar-refractivity contribution >= 4 is 28.7 Å². The van der Waals surface area contributed by atoms with Crippen LogP contribution in [-0.4, -0.2) is 59.3 Å². The van der Waals surface area contributed by atoms with Crippen LogP contribution in [0.4, 0.5) is 17.6 Å². The van der Waals surface area contributed by atoms with Crippen molar-refractivity contribution < 1.29 is 0 Å². The molecule has 2 unspecified atom stereocenters. The molecule has 0 amide bonds. The average Bonchev–Trinajstić information content (AvgIpc) is 3.36. The second-order valence-corrected chi connectivity index (χ2v) is 8.33. The van der Waals surface area contributed by atoms with Crippen molar-refractivity contribution in [2.75, 3.05) is 17.2 Å². The van der Waals surface area contributed by atoms with Crippen LogP contribution in [0.2, 0.25) is 0 Å². The summed E-state index contributed by atoms with van der Waals surface area (Å²) in [5, 5.41) is 23.0. The maximum atomic E-state index is 8.93. The second-order valence-electron chi connectivity index (χ2n) is 8.33. The number of nitrogens with zero attached hydrogens (tertiary/aromatic N) is 7. The van der Waals surface area contributed by atoms with Crippen molar-refractivity contribution in [3.63, 3.8) is 0 Å². The number of hydrogen-bond donors (Lipinski definition) is 3. The molecule has 156 valence electrons. The first-order valence-electron chi connectivity index (χ1n) is 10.5. The van der Waals surface area contributed by atoms with Gasteiger partial charge < -0.3 is 15.2 Å². The minimum Gasteiger partial charge on any atom is -0.351 e. The molecule has 2 aliphatic heterocycles. The third-order valence-corrected chi connectivity index (χ3v) is 6.22. The van der Waals surface area contributed by atoms with Gasteiger partial charge in [-0.3, -0.25) is 10.00 Å². The predicted octanol–water partition coefficient (Wildman–Crippen LogP) is 2.46. The Labute approximate surface area is 174 Å². The SMILES string of the molecule is Cc1cc(Nc2nc(NC3CC4CCC(C3)N4CCC#N)nc3ncn(C)c23)n[nH]1. The molecular weight excluding hydrogens is 380 g/mol. The number of rotatable bonds is 6. The molecular formula is C20H26N10. The monoisotopic (exact) mass is 406 g/mol. The Morgan fingerprint density at radius 1 is 1.27 bits per heavy atom. The van der Waals surface area contributed by atoms with E-state index in [-0.39, 0.29) is 0 Å². The number of aromatic nitrogens is 6. The summed E-state index contributed by atoms with van der Waals surface area (Å²) in [6, 6.07) is 5.62. The fraction of sp³-hybridized carbons (Fsp3) is 0.550. The summed E-state index contributed by atoms with van der Waals surface area (Å²) in [4.78, 5) is 16.4. The van der Waals surface area contributed by atoms with E-state index in [1.54, 1.807) is 6.33 Å². The largest absolute Gasteiger partial charge is 0.351 e. The summed E-state index contributed by atoms with van der Waals surface area (Å²) in [7, 11) is 1.93. The van der Waals surface area contributed by atoms with Gasteiger partial charge in [-0.15, -0.1) is 0 Å². The number of hydrogen-bond acceptors (Lipinski definition) is 8. The lowest BCUT2D eigenvalue weighted by Gasteiger charge is -2.38. The Bertz CT molecular complexity index is 1080. The molecule has 0 saturated carbocycles. The van der Waals surface area contributed by atoms with Crippen LogP contribution in [0.15, 0.2) is 12.4 Å². The van der Waals surface area contributed by atoms with Gasteiger partial charge in [-0.1, -0.05) is 0 Å². The van der Waals surface area contributed by atoms with Crippen molar-refractivity contribution in [3.8, 4) is 6.07 Å². The normalized spacial score (nSPS) is 23.6. The third kappa shape index (κ3) is 3.45. The zero-order chi connectivity index (χ0) is 20.7. The quantitative estimate of drug-likeness (QED) is 0.570. The van der Waals surface area contributed by atoms with E-state index in [0.29, 0.717) is 47.8 Å². The van der Waals surface area contributed by atoms with E-state index in [2.05, 4.69) is 41.8 Å². The molecule has 3 aromatic rings. The number of aromatic amines is 1. The molecule has 0 radical (unpaired) electrons. The van der Waals surface area contributed by atoms with Crippen molar-refractivity contribution in [3.05, 3.63) is 18.1 Å². The minimum absolute atomic E-state index is 0.322. The first kappa shape index (κ1) is 18.8. The van der Waals surface area contributed by atoms with Crippen LogP contribution in [0.3, 0.4) is 0 Å².